The van der Waals surface area contributed by atoms with Gasteiger partial charge in [-0.25, -0.2) is 23.9 Å². The van der Waals surface area contributed by atoms with Gasteiger partial charge in [0.1, 0.15) is 17.2 Å². The summed E-state index contributed by atoms with van der Waals surface area (Å²) in [5.74, 6) is -0.136. The van der Waals surface area contributed by atoms with E-state index in [0.717, 1.165) is 29.1 Å². The Morgan fingerprint density at radius 3 is 2.30 bits per heavy atom. The van der Waals surface area contributed by atoms with Crippen molar-refractivity contribution in [2.75, 3.05) is 69.3 Å². The number of carbonyl (C=O) groups excluding carboxylic acids is 3. The van der Waals surface area contributed by atoms with Gasteiger partial charge in [0.15, 0.2) is 5.69 Å². The van der Waals surface area contributed by atoms with E-state index in [4.69, 9.17) is 14.5 Å². The van der Waals surface area contributed by atoms with E-state index in [-0.39, 0.29) is 53.6 Å². The Kier molecular flexibility index (Phi) is 11.3. The molecule has 14 heteroatoms. The molecule has 0 bridgehead atoms. The first-order chi connectivity index (χ1) is 25.5. The highest BCUT2D eigenvalue weighted by Gasteiger charge is 2.43. The Morgan fingerprint density at radius 1 is 0.907 bits per heavy atom. The molecule has 3 atom stereocenters. The topological polar surface area (TPSA) is 125 Å². The summed E-state index contributed by atoms with van der Waals surface area (Å²) in [7, 11) is 1.31. The van der Waals surface area contributed by atoms with Crippen LogP contribution < -0.4 is 9.80 Å². The highest BCUT2D eigenvalue weighted by molar-refractivity contribution is 5.97. The second kappa shape index (κ2) is 15.6. The van der Waals surface area contributed by atoms with Crippen molar-refractivity contribution in [1.29, 1.82) is 0 Å². The molecular weight excluding hydrogens is 691 g/mol. The fourth-order valence-corrected chi connectivity index (χ4v) is 7.68. The van der Waals surface area contributed by atoms with Gasteiger partial charge in [0.05, 0.1) is 37.4 Å². The highest BCUT2D eigenvalue weighted by atomic mass is 19.1. The van der Waals surface area contributed by atoms with Crippen LogP contribution in [0.15, 0.2) is 48.9 Å². The summed E-state index contributed by atoms with van der Waals surface area (Å²) in [5, 5.41) is 0. The minimum Gasteiger partial charge on any atom is -0.464 e. The number of rotatable bonds is 8. The number of benzene rings is 1. The minimum atomic E-state index is -0.637. The number of hydrogen-bond acceptors (Lipinski definition) is 11. The smallest absolute Gasteiger partial charge is 0.410 e. The first-order valence-corrected chi connectivity index (χ1v) is 18.7. The van der Waals surface area contributed by atoms with Crippen molar-refractivity contribution in [2.45, 2.75) is 84.0 Å². The zero-order valence-electron chi connectivity index (χ0n) is 32.7. The van der Waals surface area contributed by atoms with Gasteiger partial charge in [-0.3, -0.25) is 19.6 Å². The third-order valence-electron chi connectivity index (χ3n) is 10.5. The van der Waals surface area contributed by atoms with Crippen molar-refractivity contribution in [3.63, 3.8) is 0 Å². The second-order valence-corrected chi connectivity index (χ2v) is 16.5. The number of hydrogen-bond donors (Lipinski definition) is 0. The van der Waals surface area contributed by atoms with Gasteiger partial charge in [-0.1, -0.05) is 26.0 Å². The second-order valence-electron chi connectivity index (χ2n) is 16.5. The van der Waals surface area contributed by atoms with Crippen LogP contribution in [0.3, 0.4) is 0 Å². The lowest BCUT2D eigenvalue weighted by molar-refractivity contribution is -0.121. The molecule has 13 nitrogen and oxygen atoms in total. The first kappa shape index (κ1) is 39.0. The van der Waals surface area contributed by atoms with Crippen LogP contribution in [0.5, 0.6) is 0 Å². The molecule has 0 radical (unpaired) electrons. The van der Waals surface area contributed by atoms with E-state index in [0.29, 0.717) is 51.5 Å². The van der Waals surface area contributed by atoms with Crippen LogP contribution >= 0.6 is 0 Å². The number of amides is 2. The first-order valence-electron chi connectivity index (χ1n) is 18.7. The number of ether oxygens (including phenoxy) is 2. The molecule has 2 saturated heterocycles. The van der Waals surface area contributed by atoms with E-state index in [1.807, 2.05) is 44.9 Å². The molecule has 5 heterocycles. The highest BCUT2D eigenvalue weighted by Crippen LogP contribution is 2.40. The number of pyridine rings is 1. The maximum absolute atomic E-state index is 14.4. The summed E-state index contributed by atoms with van der Waals surface area (Å²) in [5.41, 5.74) is 2.80. The Bertz CT molecular complexity index is 1830. The molecule has 54 heavy (non-hydrogen) atoms. The van der Waals surface area contributed by atoms with Crippen molar-refractivity contribution in [3.05, 3.63) is 77.3 Å². The van der Waals surface area contributed by atoms with Crippen molar-refractivity contribution < 1.29 is 28.2 Å². The molecule has 0 saturated carbocycles. The van der Waals surface area contributed by atoms with Crippen LogP contribution in [0.25, 0.3) is 0 Å². The van der Waals surface area contributed by atoms with Crippen LogP contribution in [0.2, 0.25) is 0 Å². The molecule has 290 valence electrons. The van der Waals surface area contributed by atoms with Crippen LogP contribution in [-0.4, -0.2) is 131 Å². The van der Waals surface area contributed by atoms with Gasteiger partial charge in [-0.2, -0.15) is 0 Å². The van der Waals surface area contributed by atoms with Crippen molar-refractivity contribution in [2.24, 2.45) is 0 Å². The van der Waals surface area contributed by atoms with Crippen molar-refractivity contribution >= 4 is 29.5 Å². The van der Waals surface area contributed by atoms with Gasteiger partial charge < -0.3 is 24.2 Å². The predicted molar refractivity (Wildman–Crippen MR) is 203 cm³/mol. The van der Waals surface area contributed by atoms with E-state index >= 15 is 0 Å². The van der Waals surface area contributed by atoms with Crippen LogP contribution in [-0.2, 0) is 26.1 Å². The fraction of sp³-hybridized carbons (Fsp3) is 0.550. The SMILES string of the molecule is COC(=O)c1cnc(N2CCN(C[C@H]3CN(C(=O)OC(C)(C)C)[C@H](C)CN3CC(=O)N3CC(C)(C)c4ncc(Cc5ccc(F)cc5)cc43)C(C)C2)cn1. The molecule has 3 aliphatic rings. The van der Waals surface area contributed by atoms with Gasteiger partial charge in [0, 0.05) is 75.6 Å². The number of anilines is 2. The molecule has 2 amide bonds. The largest absolute Gasteiger partial charge is 0.464 e. The molecule has 1 aromatic carbocycles. The molecule has 0 spiro atoms. The maximum atomic E-state index is 14.4. The Balaban J connectivity index is 1.19. The summed E-state index contributed by atoms with van der Waals surface area (Å²) in [6.45, 7) is 18.4. The summed E-state index contributed by atoms with van der Waals surface area (Å²) >= 11 is 0. The maximum Gasteiger partial charge on any atom is 0.410 e. The number of carbonyl (C=O) groups is 3. The standard InChI is InChI=1S/C40H53FN8O5/c1-26-20-46(34-19-42-32(18-43-34)37(51)53-8)14-13-45(26)22-31-23-48(38(52)54-39(3,4)5)27(2)21-47(31)24-35(50)49-25-40(6,7)36-33(49)16-29(17-44-36)15-28-9-11-30(41)12-10-28/h9-12,16-19,26-27,31H,13-15,20-25H2,1-8H3/t26?,27-,31+/m1/s1. The number of methoxy groups -OCH3 is 1. The Hall–Kier alpha value is -4.69. The zero-order chi connectivity index (χ0) is 38.9. The van der Waals surface area contributed by atoms with E-state index in [1.54, 1.807) is 23.2 Å². The van der Waals surface area contributed by atoms with Crippen LogP contribution in [0.4, 0.5) is 20.7 Å². The van der Waals surface area contributed by atoms with Gasteiger partial charge in [0.2, 0.25) is 5.91 Å². The van der Waals surface area contributed by atoms with Crippen molar-refractivity contribution in [1.82, 2.24) is 29.7 Å². The minimum absolute atomic E-state index is 0.0164. The summed E-state index contributed by atoms with van der Waals surface area (Å²) in [6.07, 6.45) is 5.11. The lowest BCUT2D eigenvalue weighted by Crippen LogP contribution is -2.65. The molecule has 1 unspecified atom stereocenters. The molecule has 2 aromatic heterocycles. The zero-order valence-corrected chi connectivity index (χ0v) is 32.7. The number of aromatic nitrogens is 3. The number of nitrogens with zero attached hydrogens (tertiary/aromatic N) is 8. The Labute approximate surface area is 317 Å². The quantitative estimate of drug-likeness (QED) is 0.302. The van der Waals surface area contributed by atoms with Crippen LogP contribution in [0.1, 0.15) is 75.8 Å². The molecule has 3 aliphatic heterocycles. The molecule has 2 fully saturated rings. The van der Waals surface area contributed by atoms with E-state index in [2.05, 4.69) is 45.4 Å². The average Bonchev–Trinajstić information content (AvgIpc) is 3.39. The van der Waals surface area contributed by atoms with Crippen molar-refractivity contribution in [3.8, 4) is 0 Å². The lowest BCUT2D eigenvalue weighted by atomic mass is 9.91. The van der Waals surface area contributed by atoms with E-state index in [1.165, 1.54) is 25.4 Å². The number of halogens is 1. The molecule has 6 rings (SSSR count). The monoisotopic (exact) mass is 744 g/mol. The molecule has 0 aliphatic carbocycles. The summed E-state index contributed by atoms with van der Waals surface area (Å²) < 4.78 is 24.1. The summed E-state index contributed by atoms with van der Waals surface area (Å²) in [4.78, 5) is 63.7. The molecule has 3 aromatic rings. The number of fused-ring (bicyclic) bond motifs is 1. The summed E-state index contributed by atoms with van der Waals surface area (Å²) in [6, 6.07) is 8.32. The average molecular weight is 745 g/mol. The van der Waals surface area contributed by atoms with E-state index in [9.17, 15) is 18.8 Å². The third-order valence-corrected chi connectivity index (χ3v) is 10.5. The third kappa shape index (κ3) is 8.81. The van der Waals surface area contributed by atoms with Gasteiger partial charge in [-0.15, -0.1) is 0 Å². The molecule has 0 N–H and O–H groups in total. The van der Waals surface area contributed by atoms with E-state index < -0.39 is 11.6 Å². The van der Waals surface area contributed by atoms with Gasteiger partial charge in [0.25, 0.3) is 0 Å². The lowest BCUT2D eigenvalue weighted by Gasteiger charge is -2.48. The predicted octanol–water partition coefficient (Wildman–Crippen LogP) is 4.53. The van der Waals surface area contributed by atoms with Crippen LogP contribution in [0, 0.1) is 5.82 Å². The Morgan fingerprint density at radius 2 is 1.65 bits per heavy atom. The number of piperazine rings is 2. The van der Waals surface area contributed by atoms with Gasteiger partial charge >= 0.3 is 12.1 Å². The molecular formula is C40H53FN8O5. The fourth-order valence-electron chi connectivity index (χ4n) is 7.68. The van der Waals surface area contributed by atoms with Gasteiger partial charge in [-0.05, 0) is 70.4 Å². The number of esters is 1. The normalized spacial score (nSPS) is 21.9.